The lowest BCUT2D eigenvalue weighted by atomic mass is 9.69. The normalized spacial score (nSPS) is 23.7. The van der Waals surface area contributed by atoms with Crippen molar-refractivity contribution in [2.75, 3.05) is 59.4 Å². The van der Waals surface area contributed by atoms with Crippen LogP contribution in [0.25, 0.3) is 16.8 Å². The number of fused-ring (bicyclic) bond motifs is 9. The highest BCUT2D eigenvalue weighted by Gasteiger charge is 2.39. The molecule has 95 heavy (non-hydrogen) atoms. The first-order chi connectivity index (χ1) is 46.1. The van der Waals surface area contributed by atoms with E-state index in [9.17, 15) is 30.3 Å². The Hall–Kier alpha value is -7.20. The first kappa shape index (κ1) is 70.6. The zero-order valence-electron chi connectivity index (χ0n) is 57.0. The van der Waals surface area contributed by atoms with Crippen molar-refractivity contribution in [2.45, 2.75) is 185 Å². The average Bonchev–Trinajstić information content (AvgIpc) is 0.844. The fourth-order valence-corrected chi connectivity index (χ4v) is 15.6. The van der Waals surface area contributed by atoms with Crippen molar-refractivity contribution >= 4 is 34.3 Å². The molecule has 510 valence electrons. The van der Waals surface area contributed by atoms with Gasteiger partial charge in [0.05, 0.1) is 31.9 Å². The van der Waals surface area contributed by atoms with E-state index in [2.05, 4.69) is 120 Å². The number of anilines is 1. The third-order valence-corrected chi connectivity index (χ3v) is 20.7. The van der Waals surface area contributed by atoms with Crippen LogP contribution in [0.1, 0.15) is 197 Å². The summed E-state index contributed by atoms with van der Waals surface area (Å²) in [6.07, 6.45) is 20.1. The highest BCUT2D eigenvalue weighted by molar-refractivity contribution is 6.01. The monoisotopic (exact) mass is 1300 g/mol. The molecule has 4 heterocycles. The van der Waals surface area contributed by atoms with Gasteiger partial charge in [-0.1, -0.05) is 100 Å². The van der Waals surface area contributed by atoms with Gasteiger partial charge in [0.1, 0.15) is 36.1 Å². The van der Waals surface area contributed by atoms with Gasteiger partial charge in [0.2, 0.25) is 0 Å². The van der Waals surface area contributed by atoms with Crippen molar-refractivity contribution in [2.24, 2.45) is 34.4 Å². The summed E-state index contributed by atoms with van der Waals surface area (Å²) in [6, 6.07) is 24.4. The number of aryl methyl sites for hydroxylation is 2. The van der Waals surface area contributed by atoms with Gasteiger partial charge in [-0.3, -0.25) is 15.1 Å². The summed E-state index contributed by atoms with van der Waals surface area (Å²) in [5.41, 5.74) is 16.6. The molecule has 12 rings (SSSR count). The van der Waals surface area contributed by atoms with Gasteiger partial charge in [0.15, 0.2) is 23.7 Å². The van der Waals surface area contributed by atoms with Gasteiger partial charge in [-0.2, -0.15) is 0 Å². The molecule has 0 aromatic heterocycles. The molecule has 10 bridgehead atoms. The van der Waals surface area contributed by atoms with E-state index in [0.29, 0.717) is 104 Å². The molecule has 4 aliphatic heterocycles. The number of carbonyl (C=O) groups excluding carboxylic acids is 1. The summed E-state index contributed by atoms with van der Waals surface area (Å²) in [7, 11) is 5.23. The molecule has 5 aromatic carbocycles. The van der Waals surface area contributed by atoms with E-state index in [1.54, 1.807) is 27.1 Å². The number of hydrogen-bond acceptors (Lipinski definition) is 14. The van der Waals surface area contributed by atoms with E-state index < -0.39 is 30.3 Å². The molecule has 0 saturated carbocycles. The average molecular weight is 1300 g/mol. The van der Waals surface area contributed by atoms with Crippen molar-refractivity contribution in [3.63, 3.8) is 0 Å². The number of nitrogens with two attached hydrogens (primary N) is 1. The molecule has 0 unspecified atom stereocenters. The van der Waals surface area contributed by atoms with Crippen molar-refractivity contribution in [3.05, 3.63) is 158 Å². The number of ketones is 1. The SMILES string of the molecule is CCCC[C@@H]1CC[C@@H](C[C@@H]2C=C3C(O)=C[C@H]2C[C@H]2CC(=O)CCc4ccc(OC)c(c4)OCc4c(C(O)O)cc5c(c(O)cc6c5c4C=C[C@@H]6C)[C@@H](C#CO2)[C@H](c2cccc(CCOCCCNC)c2)C[C@H]3CN[C@H](CC)NC[C@H](C)O)CCc2cccc(NC(N)=NC)c21. The molecule has 0 fully saturated rings. The number of unbranched alkanes of at least 4 members (excludes halogenated alkanes) is 1. The van der Waals surface area contributed by atoms with E-state index in [1.807, 2.05) is 37.4 Å². The standard InChI is InChI=1S/C79H104N6O10/c1-8-10-15-53-24-20-51(21-25-54-16-12-18-69(75(53)54)85-79(80)82-6)36-56-39-65-58(46-84-74(9-2)83-45-49(4)86)40-64(55-17-11-14-50(35-55)29-33-93-32-13-31-81-5)62-30-34-94-60(38-57(56)41-70(65)88)42-59(87)26-22-52-23-28-72(92-7)73(37-52)95-47-68-61-27-19-48(3)63-44-71(89)77(62)67(76(61)63)43-66(68)78(90)91/h11-12,14,16-19,23,27-28,35,37,39,41,43-44,48-49,51,53,56-58,60,62,64,74,78,81,83-84,86,88-91H,8-10,13,15,20-22,24-26,29,31-33,36,38,40,42,45-47H2,1-7H3,(H3,80,82,85)/t48-,49-,51+,53+,56+,57+,58-,60-,62-,64-,74+/m0/s1. The summed E-state index contributed by atoms with van der Waals surface area (Å²) >= 11 is 0. The summed E-state index contributed by atoms with van der Waals surface area (Å²) in [5.74, 6) is 3.71. The second kappa shape index (κ2) is 33.7. The van der Waals surface area contributed by atoms with Crippen LogP contribution in [-0.4, -0.2) is 110 Å². The fourth-order valence-electron chi connectivity index (χ4n) is 15.6. The molecular formula is C79H104N6O10. The Kier molecular flexibility index (Phi) is 25.0. The Bertz CT molecular complexity index is 3640. The number of aliphatic imine (C=N–C) groups is 1. The van der Waals surface area contributed by atoms with Crippen LogP contribution in [0.3, 0.4) is 0 Å². The van der Waals surface area contributed by atoms with Crippen LogP contribution >= 0.6 is 0 Å². The van der Waals surface area contributed by atoms with E-state index in [0.717, 1.165) is 109 Å². The number of nitrogens with one attached hydrogen (secondary N) is 4. The van der Waals surface area contributed by atoms with E-state index in [-0.39, 0.29) is 72.1 Å². The van der Waals surface area contributed by atoms with Crippen LogP contribution in [0.5, 0.6) is 17.2 Å². The predicted molar refractivity (Wildman–Crippen MR) is 379 cm³/mol. The molecule has 0 saturated heterocycles. The molecule has 0 spiro atoms. The van der Waals surface area contributed by atoms with Crippen LogP contribution in [0.2, 0.25) is 0 Å². The topological polar surface area (TPSA) is 242 Å². The van der Waals surface area contributed by atoms with E-state index in [4.69, 9.17) is 24.7 Å². The number of methoxy groups -OCH3 is 1. The lowest BCUT2D eigenvalue weighted by Crippen LogP contribution is -2.46. The molecule has 16 heteroatoms. The van der Waals surface area contributed by atoms with Crippen LogP contribution in [0.4, 0.5) is 5.69 Å². The first-order valence-electron chi connectivity index (χ1n) is 35.1. The minimum absolute atomic E-state index is 0.00179. The molecule has 5 aromatic rings. The number of hydrogen-bond donors (Lipinski definition) is 10. The lowest BCUT2D eigenvalue weighted by molar-refractivity contribution is -0.121. The quantitative estimate of drug-likeness (QED) is 0.00962. The summed E-state index contributed by atoms with van der Waals surface area (Å²) < 4.78 is 25.7. The molecule has 0 radical (unpaired) electrons. The van der Waals surface area contributed by atoms with Gasteiger partial charge in [0.25, 0.3) is 0 Å². The Morgan fingerprint density at radius 1 is 0.916 bits per heavy atom. The molecule has 3 aliphatic carbocycles. The second-order valence-electron chi connectivity index (χ2n) is 27.3. The zero-order chi connectivity index (χ0) is 67.1. The third-order valence-electron chi connectivity index (χ3n) is 20.7. The number of aliphatic hydroxyl groups is 4. The van der Waals surface area contributed by atoms with Crippen molar-refractivity contribution < 1.29 is 49.3 Å². The smallest absolute Gasteiger partial charge is 0.192 e. The molecule has 0 amide bonds. The van der Waals surface area contributed by atoms with Crippen LogP contribution < -0.4 is 36.5 Å². The first-order valence-corrected chi connectivity index (χ1v) is 35.1. The molecule has 11 atom stereocenters. The molecule has 11 N–H and O–H groups in total. The second-order valence-corrected chi connectivity index (χ2v) is 27.3. The highest BCUT2D eigenvalue weighted by Crippen LogP contribution is 2.52. The van der Waals surface area contributed by atoms with E-state index in [1.165, 1.54) is 11.1 Å². The number of benzene rings is 5. The van der Waals surface area contributed by atoms with Crippen LogP contribution in [0.15, 0.2) is 107 Å². The number of phenolic OH excluding ortho intramolecular Hbond substituents is 1. The van der Waals surface area contributed by atoms with Crippen molar-refractivity contribution in [1.29, 1.82) is 0 Å². The number of carbonyl (C=O) groups is 1. The number of Topliss-reactive ketones (excluding diaryl/α,β-unsaturated/α-hetero) is 1. The number of allylic oxidation sites excluding steroid dienone is 4. The Balaban J connectivity index is 1.17. The van der Waals surface area contributed by atoms with Crippen molar-refractivity contribution in [1.82, 2.24) is 16.0 Å². The Labute approximate surface area is 563 Å². The highest BCUT2D eigenvalue weighted by atomic mass is 16.5. The van der Waals surface area contributed by atoms with Gasteiger partial charge in [-0.15, -0.1) is 0 Å². The number of aromatic hydroxyl groups is 1. The van der Waals surface area contributed by atoms with Gasteiger partial charge in [-0.05, 0) is 213 Å². The Morgan fingerprint density at radius 2 is 1.76 bits per heavy atom. The zero-order valence-corrected chi connectivity index (χ0v) is 57.0. The van der Waals surface area contributed by atoms with Gasteiger partial charge in [0, 0.05) is 79.7 Å². The van der Waals surface area contributed by atoms with Gasteiger partial charge in [-0.25, -0.2) is 0 Å². The maximum Gasteiger partial charge on any atom is 0.192 e. The summed E-state index contributed by atoms with van der Waals surface area (Å²) in [4.78, 5) is 19.0. The summed E-state index contributed by atoms with van der Waals surface area (Å²) in [6.45, 7) is 11.0. The number of ether oxygens (including phenoxy) is 4. The maximum atomic E-state index is 14.8. The van der Waals surface area contributed by atoms with Gasteiger partial charge < -0.3 is 66.2 Å². The Morgan fingerprint density at radius 3 is 2.54 bits per heavy atom. The van der Waals surface area contributed by atoms with Gasteiger partial charge >= 0.3 is 0 Å². The summed E-state index contributed by atoms with van der Waals surface area (Å²) in [5, 5.41) is 75.5. The largest absolute Gasteiger partial charge is 0.508 e. The lowest BCUT2D eigenvalue weighted by Gasteiger charge is -2.37. The number of nitrogens with zero attached hydrogens (tertiary/aromatic N) is 1. The number of aliphatic hydroxyl groups excluding tert-OH is 3. The molecule has 7 aliphatic rings. The van der Waals surface area contributed by atoms with E-state index >= 15 is 0 Å². The number of rotatable bonds is 23. The third kappa shape index (κ3) is 17.5. The minimum Gasteiger partial charge on any atom is -0.508 e. The van der Waals surface area contributed by atoms with Crippen LogP contribution in [-0.2, 0) is 40.1 Å². The van der Waals surface area contributed by atoms with Crippen molar-refractivity contribution in [3.8, 4) is 29.3 Å². The number of guanidine groups is 1. The number of phenols is 1. The maximum absolute atomic E-state index is 14.8. The molecule has 16 nitrogen and oxygen atoms in total. The minimum atomic E-state index is -1.94. The van der Waals surface area contributed by atoms with Crippen LogP contribution in [0, 0.1) is 35.7 Å². The fraction of sp³-hybridized carbons (Fsp3) is 0.519. The predicted octanol–water partition coefficient (Wildman–Crippen LogP) is 12.9. The molecular weight excluding hydrogens is 1190 g/mol.